The Labute approximate surface area is 94.0 Å². The van der Waals surface area contributed by atoms with Crippen LogP contribution in [0.3, 0.4) is 0 Å². The van der Waals surface area contributed by atoms with E-state index in [1.54, 1.807) is 7.11 Å². The molecule has 1 unspecified atom stereocenters. The summed E-state index contributed by atoms with van der Waals surface area (Å²) < 4.78 is 5.32. The van der Waals surface area contributed by atoms with Crippen molar-refractivity contribution in [3.05, 3.63) is 0 Å². The molecule has 3 heteroatoms. The fourth-order valence-electron chi connectivity index (χ4n) is 2.37. The number of hydrogen-bond acceptors (Lipinski definition) is 3. The maximum atomic E-state index is 5.92. The van der Waals surface area contributed by atoms with Crippen molar-refractivity contribution in [1.82, 2.24) is 4.90 Å². The second kappa shape index (κ2) is 5.83. The molecule has 2 N–H and O–H groups in total. The molecule has 0 aromatic carbocycles. The zero-order valence-corrected chi connectivity index (χ0v) is 10.5. The molecule has 0 aromatic heterocycles. The van der Waals surface area contributed by atoms with Crippen LogP contribution in [-0.2, 0) is 4.74 Å². The molecule has 1 rings (SSSR count). The maximum absolute atomic E-state index is 5.92. The first-order chi connectivity index (χ1) is 7.18. The predicted octanol–water partition coefficient (Wildman–Crippen LogP) is 1.47. The summed E-state index contributed by atoms with van der Waals surface area (Å²) in [5, 5.41) is 0. The van der Waals surface area contributed by atoms with Crippen LogP contribution in [0.5, 0.6) is 0 Å². The number of methoxy groups -OCH3 is 1. The average Bonchev–Trinajstić information content (AvgIpc) is 2.20. The monoisotopic (exact) mass is 214 g/mol. The van der Waals surface area contributed by atoms with Crippen LogP contribution < -0.4 is 5.73 Å². The maximum Gasteiger partial charge on any atom is 0.0658 e. The summed E-state index contributed by atoms with van der Waals surface area (Å²) in [6, 6.07) is 0. The van der Waals surface area contributed by atoms with Crippen LogP contribution in [0, 0.1) is 5.92 Å². The molecule has 15 heavy (non-hydrogen) atoms. The Bertz CT molecular complexity index is 176. The van der Waals surface area contributed by atoms with Crippen LogP contribution in [0.15, 0.2) is 0 Å². The zero-order chi connectivity index (χ0) is 11.3. The highest BCUT2D eigenvalue weighted by Crippen LogP contribution is 2.29. The highest BCUT2D eigenvalue weighted by molar-refractivity contribution is 4.90. The Hall–Kier alpha value is -0.120. The van der Waals surface area contributed by atoms with Crippen molar-refractivity contribution in [3.63, 3.8) is 0 Å². The molecule has 0 amide bonds. The lowest BCUT2D eigenvalue weighted by Gasteiger charge is -2.43. The molecule has 0 saturated heterocycles. The Morgan fingerprint density at radius 3 is 2.47 bits per heavy atom. The molecule has 90 valence electrons. The number of ether oxygens (including phenoxy) is 1. The lowest BCUT2D eigenvalue weighted by molar-refractivity contribution is 0.0120. The van der Waals surface area contributed by atoms with Gasteiger partial charge >= 0.3 is 0 Å². The van der Waals surface area contributed by atoms with Crippen molar-refractivity contribution >= 4 is 0 Å². The van der Waals surface area contributed by atoms with Crippen LogP contribution >= 0.6 is 0 Å². The molecular formula is C12H26N2O. The van der Waals surface area contributed by atoms with E-state index in [4.69, 9.17) is 10.5 Å². The van der Waals surface area contributed by atoms with E-state index >= 15 is 0 Å². The van der Waals surface area contributed by atoms with Gasteiger partial charge in [0, 0.05) is 20.2 Å². The Morgan fingerprint density at radius 2 is 2.13 bits per heavy atom. The normalized spacial score (nSPS) is 21.4. The van der Waals surface area contributed by atoms with E-state index in [-0.39, 0.29) is 5.54 Å². The van der Waals surface area contributed by atoms with Gasteiger partial charge in [-0.25, -0.2) is 0 Å². The fourth-order valence-corrected chi connectivity index (χ4v) is 2.37. The molecule has 0 heterocycles. The molecule has 1 atom stereocenters. The van der Waals surface area contributed by atoms with Gasteiger partial charge in [0.1, 0.15) is 0 Å². The predicted molar refractivity (Wildman–Crippen MR) is 63.9 cm³/mol. The van der Waals surface area contributed by atoms with E-state index in [0.717, 1.165) is 18.9 Å². The van der Waals surface area contributed by atoms with Gasteiger partial charge in [-0.3, -0.25) is 4.90 Å². The third-order valence-electron chi connectivity index (χ3n) is 4.02. The summed E-state index contributed by atoms with van der Waals surface area (Å²) in [5.74, 6) is 0.893. The lowest BCUT2D eigenvalue weighted by atomic mass is 9.83. The van der Waals surface area contributed by atoms with Crippen molar-refractivity contribution in [3.8, 4) is 0 Å². The van der Waals surface area contributed by atoms with Gasteiger partial charge in [0.2, 0.25) is 0 Å². The van der Waals surface area contributed by atoms with Crippen LogP contribution in [0.4, 0.5) is 0 Å². The summed E-state index contributed by atoms with van der Waals surface area (Å²) in [6.07, 6.45) is 5.24. The molecule has 1 fully saturated rings. The second-order valence-electron chi connectivity index (χ2n) is 4.89. The minimum atomic E-state index is 0.0460. The molecule has 1 saturated carbocycles. The number of hydrogen-bond donors (Lipinski definition) is 1. The minimum absolute atomic E-state index is 0.0460. The Kier molecular flexibility index (Phi) is 5.03. The van der Waals surface area contributed by atoms with E-state index in [0.29, 0.717) is 6.54 Å². The lowest BCUT2D eigenvalue weighted by Crippen LogP contribution is -2.56. The summed E-state index contributed by atoms with van der Waals surface area (Å²) in [5.41, 5.74) is 5.96. The van der Waals surface area contributed by atoms with Gasteiger partial charge in [-0.2, -0.15) is 0 Å². The van der Waals surface area contributed by atoms with E-state index in [9.17, 15) is 0 Å². The summed E-state index contributed by atoms with van der Waals surface area (Å²) in [4.78, 5) is 2.42. The van der Waals surface area contributed by atoms with Crippen LogP contribution in [-0.4, -0.2) is 44.3 Å². The molecule has 3 nitrogen and oxygen atoms in total. The van der Waals surface area contributed by atoms with Crippen molar-refractivity contribution in [2.45, 2.75) is 38.1 Å². The Balaban J connectivity index is 2.51. The van der Waals surface area contributed by atoms with Crippen molar-refractivity contribution in [2.75, 3.05) is 33.9 Å². The molecule has 1 aliphatic rings. The van der Waals surface area contributed by atoms with Gasteiger partial charge < -0.3 is 10.5 Å². The molecule has 0 aliphatic heterocycles. The van der Waals surface area contributed by atoms with E-state index < -0.39 is 0 Å². The van der Waals surface area contributed by atoms with Crippen LogP contribution in [0.2, 0.25) is 0 Å². The third-order valence-corrected chi connectivity index (χ3v) is 4.02. The first kappa shape index (κ1) is 12.9. The fraction of sp³-hybridized carbons (Fsp3) is 1.00. The quantitative estimate of drug-likeness (QED) is 0.697. The molecule has 0 bridgehead atoms. The summed E-state index contributed by atoms with van der Waals surface area (Å²) in [6.45, 7) is 4.79. The SMILES string of the molecule is CCC(CN)(COC)N(C)CC1CCC1. The van der Waals surface area contributed by atoms with Gasteiger partial charge in [-0.05, 0) is 32.2 Å². The molecule has 0 radical (unpaired) electrons. The number of rotatable bonds is 7. The zero-order valence-electron chi connectivity index (χ0n) is 10.5. The van der Waals surface area contributed by atoms with Gasteiger partial charge in [-0.1, -0.05) is 13.3 Å². The van der Waals surface area contributed by atoms with Gasteiger partial charge in [0.15, 0.2) is 0 Å². The third kappa shape index (κ3) is 2.92. The molecule has 0 aromatic rings. The minimum Gasteiger partial charge on any atom is -0.383 e. The largest absolute Gasteiger partial charge is 0.383 e. The highest BCUT2D eigenvalue weighted by Gasteiger charge is 2.33. The van der Waals surface area contributed by atoms with Gasteiger partial charge in [0.05, 0.1) is 12.1 Å². The van der Waals surface area contributed by atoms with Crippen molar-refractivity contribution < 1.29 is 4.74 Å². The highest BCUT2D eigenvalue weighted by atomic mass is 16.5. The topological polar surface area (TPSA) is 38.5 Å². The van der Waals surface area contributed by atoms with Crippen molar-refractivity contribution in [1.29, 1.82) is 0 Å². The number of nitrogens with zero attached hydrogens (tertiary/aromatic N) is 1. The summed E-state index contributed by atoms with van der Waals surface area (Å²) >= 11 is 0. The average molecular weight is 214 g/mol. The van der Waals surface area contributed by atoms with Crippen LogP contribution in [0.25, 0.3) is 0 Å². The molecule has 0 spiro atoms. The van der Waals surface area contributed by atoms with Crippen LogP contribution in [0.1, 0.15) is 32.6 Å². The van der Waals surface area contributed by atoms with Gasteiger partial charge in [0.25, 0.3) is 0 Å². The molecule has 1 aliphatic carbocycles. The first-order valence-electron chi connectivity index (χ1n) is 6.08. The standard InChI is InChI=1S/C12H26N2O/c1-4-12(9-13,10-15-3)14(2)8-11-6-5-7-11/h11H,4-10,13H2,1-3H3. The number of nitrogens with two attached hydrogens (primary N) is 1. The van der Waals surface area contributed by atoms with Gasteiger partial charge in [-0.15, -0.1) is 0 Å². The second-order valence-corrected chi connectivity index (χ2v) is 4.89. The van der Waals surface area contributed by atoms with E-state index in [1.807, 2.05) is 0 Å². The smallest absolute Gasteiger partial charge is 0.0658 e. The first-order valence-corrected chi connectivity index (χ1v) is 6.08. The molecular weight excluding hydrogens is 188 g/mol. The summed E-state index contributed by atoms with van der Waals surface area (Å²) in [7, 11) is 3.95. The Morgan fingerprint density at radius 1 is 1.47 bits per heavy atom. The van der Waals surface area contributed by atoms with Crippen molar-refractivity contribution in [2.24, 2.45) is 11.7 Å². The van der Waals surface area contributed by atoms with E-state index in [2.05, 4.69) is 18.9 Å². The number of likely N-dealkylation sites (N-methyl/N-ethyl adjacent to an activating group) is 1. The van der Waals surface area contributed by atoms with E-state index in [1.165, 1.54) is 25.8 Å².